The van der Waals surface area contributed by atoms with Gasteiger partial charge in [0.15, 0.2) is 0 Å². The second-order valence-corrected chi connectivity index (χ2v) is 10.9. The van der Waals surface area contributed by atoms with E-state index in [1.54, 1.807) is 0 Å². The van der Waals surface area contributed by atoms with Crippen LogP contribution in [0, 0.1) is 0 Å². The lowest BCUT2D eigenvalue weighted by Gasteiger charge is -2.37. The standard InChI is InChI=1S/C29H28N2O7S/c1-39(34,35)38-24-19-27(31-18-17-26(32)30-28(31)33)37-25(24)20-36-29(21-11-5-2-6-12-21,22-13-7-3-8-14-22)23-15-9-4-10-16-23/h2-18,24-25,27H,19-20H2,1H3,(H,30,32,33)/t24-,25+,27+/m0/s1. The largest absolute Gasteiger partial charge is 0.358 e. The van der Waals surface area contributed by atoms with E-state index < -0.39 is 45.4 Å². The first-order chi connectivity index (χ1) is 18.8. The molecule has 0 saturated carbocycles. The van der Waals surface area contributed by atoms with Crippen molar-refractivity contribution in [1.82, 2.24) is 9.55 Å². The third kappa shape index (κ3) is 5.79. The minimum atomic E-state index is -3.85. The van der Waals surface area contributed by atoms with Crippen molar-refractivity contribution in [3.05, 3.63) is 141 Å². The smallest absolute Gasteiger partial charge is 0.330 e. The Bertz CT molecular complexity index is 1520. The van der Waals surface area contributed by atoms with Crippen molar-refractivity contribution in [3.63, 3.8) is 0 Å². The summed E-state index contributed by atoms with van der Waals surface area (Å²) in [6.45, 7) is -0.0620. The first kappa shape index (κ1) is 26.8. The van der Waals surface area contributed by atoms with Crippen LogP contribution in [0.15, 0.2) is 113 Å². The van der Waals surface area contributed by atoms with E-state index in [1.807, 2.05) is 91.0 Å². The fourth-order valence-electron chi connectivity index (χ4n) is 4.98. The fourth-order valence-corrected chi connectivity index (χ4v) is 5.63. The number of hydrogen-bond acceptors (Lipinski definition) is 7. The zero-order chi connectivity index (χ0) is 27.5. The normalized spacial score (nSPS) is 19.7. The molecule has 1 aliphatic rings. The van der Waals surface area contributed by atoms with Gasteiger partial charge in [0.1, 0.15) is 24.0 Å². The summed E-state index contributed by atoms with van der Waals surface area (Å²) >= 11 is 0. The van der Waals surface area contributed by atoms with Gasteiger partial charge in [-0.15, -0.1) is 0 Å². The molecule has 202 valence electrons. The molecule has 1 aliphatic heterocycles. The molecule has 0 amide bonds. The molecule has 3 atom stereocenters. The van der Waals surface area contributed by atoms with Gasteiger partial charge in [-0.25, -0.2) is 4.79 Å². The van der Waals surface area contributed by atoms with Gasteiger partial charge < -0.3 is 9.47 Å². The van der Waals surface area contributed by atoms with Crippen LogP contribution in [0.4, 0.5) is 0 Å². The molecule has 1 fully saturated rings. The zero-order valence-electron chi connectivity index (χ0n) is 21.2. The molecule has 0 aliphatic carbocycles. The maximum atomic E-state index is 12.4. The molecule has 39 heavy (non-hydrogen) atoms. The van der Waals surface area contributed by atoms with Crippen molar-refractivity contribution in [2.24, 2.45) is 0 Å². The summed E-state index contributed by atoms with van der Waals surface area (Å²) in [6, 6.07) is 30.4. The van der Waals surface area contributed by atoms with Gasteiger partial charge in [-0.3, -0.25) is 18.5 Å². The van der Waals surface area contributed by atoms with Crippen LogP contribution in [0.5, 0.6) is 0 Å². The third-order valence-electron chi connectivity index (χ3n) is 6.65. The topological polar surface area (TPSA) is 117 Å². The molecule has 3 aromatic carbocycles. The summed E-state index contributed by atoms with van der Waals surface area (Å²) in [4.78, 5) is 26.2. The predicted octanol–water partition coefficient (Wildman–Crippen LogP) is 3.18. The number of H-pyrrole nitrogens is 1. The van der Waals surface area contributed by atoms with E-state index >= 15 is 0 Å². The Balaban J connectivity index is 1.55. The van der Waals surface area contributed by atoms with E-state index in [2.05, 4.69) is 4.98 Å². The quantitative estimate of drug-likeness (QED) is 0.252. The summed E-state index contributed by atoms with van der Waals surface area (Å²) in [5.74, 6) is 0. The number of nitrogens with zero attached hydrogens (tertiary/aromatic N) is 1. The van der Waals surface area contributed by atoms with E-state index in [0.29, 0.717) is 0 Å². The average molecular weight is 549 g/mol. The van der Waals surface area contributed by atoms with Gasteiger partial charge in [-0.1, -0.05) is 91.0 Å². The van der Waals surface area contributed by atoms with Crippen LogP contribution in [-0.4, -0.2) is 43.0 Å². The molecule has 0 unspecified atom stereocenters. The maximum Gasteiger partial charge on any atom is 0.330 e. The SMILES string of the molecule is CS(=O)(=O)O[C@H]1C[C@H](n2ccc(=O)[nH]c2=O)O[C@@H]1COC(c1ccccc1)(c1ccccc1)c1ccccc1. The lowest BCUT2D eigenvalue weighted by atomic mass is 9.80. The van der Waals surface area contributed by atoms with Gasteiger partial charge in [-0.05, 0) is 16.7 Å². The molecule has 10 heteroatoms. The summed E-state index contributed by atoms with van der Waals surface area (Å²) in [5, 5.41) is 0. The number of ether oxygens (including phenoxy) is 2. The number of benzene rings is 3. The van der Waals surface area contributed by atoms with Crippen molar-refractivity contribution < 1.29 is 22.1 Å². The highest BCUT2D eigenvalue weighted by atomic mass is 32.2. The van der Waals surface area contributed by atoms with Gasteiger partial charge in [0.05, 0.1) is 12.9 Å². The molecular formula is C29H28N2O7S. The molecule has 0 spiro atoms. The number of aromatic amines is 1. The molecular weight excluding hydrogens is 520 g/mol. The molecule has 1 aromatic heterocycles. The van der Waals surface area contributed by atoms with E-state index in [1.165, 1.54) is 16.8 Å². The maximum absolute atomic E-state index is 12.4. The molecule has 5 rings (SSSR count). The summed E-state index contributed by atoms with van der Waals surface area (Å²) in [6.07, 6.45) is -0.305. The lowest BCUT2D eigenvalue weighted by Crippen LogP contribution is -2.39. The number of hydrogen-bond donors (Lipinski definition) is 1. The Morgan fingerprint density at radius 3 is 1.85 bits per heavy atom. The van der Waals surface area contributed by atoms with Crippen LogP contribution in [0.2, 0.25) is 0 Å². The molecule has 0 radical (unpaired) electrons. The number of aromatic nitrogens is 2. The van der Waals surface area contributed by atoms with Gasteiger partial charge in [0.25, 0.3) is 15.7 Å². The Morgan fingerprint density at radius 2 is 1.38 bits per heavy atom. The summed E-state index contributed by atoms with van der Waals surface area (Å²) < 4.78 is 43.8. The lowest BCUT2D eigenvalue weighted by molar-refractivity contribution is -0.0910. The van der Waals surface area contributed by atoms with E-state index in [0.717, 1.165) is 22.9 Å². The highest BCUT2D eigenvalue weighted by Gasteiger charge is 2.43. The first-order valence-corrected chi connectivity index (χ1v) is 14.2. The molecule has 9 nitrogen and oxygen atoms in total. The average Bonchev–Trinajstić information content (AvgIpc) is 3.31. The van der Waals surface area contributed by atoms with Gasteiger partial charge in [0.2, 0.25) is 0 Å². The van der Waals surface area contributed by atoms with Crippen molar-refractivity contribution in [2.45, 2.75) is 30.5 Å². The first-order valence-electron chi connectivity index (χ1n) is 12.4. The Kier molecular flexibility index (Phi) is 7.62. The Hall–Kier alpha value is -3.83. The van der Waals surface area contributed by atoms with E-state index in [4.69, 9.17) is 13.7 Å². The monoisotopic (exact) mass is 548 g/mol. The minimum Gasteiger partial charge on any atom is -0.358 e. The van der Waals surface area contributed by atoms with Crippen molar-refractivity contribution in [3.8, 4) is 0 Å². The van der Waals surface area contributed by atoms with Gasteiger partial charge >= 0.3 is 5.69 Å². The highest BCUT2D eigenvalue weighted by molar-refractivity contribution is 7.86. The van der Waals surface area contributed by atoms with Crippen LogP contribution in [0.25, 0.3) is 0 Å². The van der Waals surface area contributed by atoms with Crippen LogP contribution in [-0.2, 0) is 29.4 Å². The summed E-state index contributed by atoms with van der Waals surface area (Å²) in [5.41, 5.74) is 0.337. The summed E-state index contributed by atoms with van der Waals surface area (Å²) in [7, 11) is -3.85. The van der Waals surface area contributed by atoms with Crippen molar-refractivity contribution >= 4 is 10.1 Å². The molecule has 1 N–H and O–H groups in total. The second kappa shape index (κ2) is 11.1. The van der Waals surface area contributed by atoms with Gasteiger partial charge in [0, 0.05) is 18.7 Å². The zero-order valence-corrected chi connectivity index (χ0v) is 22.0. The Labute approximate surface area is 225 Å². The minimum absolute atomic E-state index is 0.0576. The fraction of sp³-hybridized carbons (Fsp3) is 0.241. The van der Waals surface area contributed by atoms with E-state index in [9.17, 15) is 18.0 Å². The number of rotatable bonds is 9. The van der Waals surface area contributed by atoms with Gasteiger partial charge in [-0.2, -0.15) is 8.42 Å². The molecule has 4 aromatic rings. The molecule has 2 heterocycles. The van der Waals surface area contributed by atoms with E-state index in [-0.39, 0.29) is 13.0 Å². The molecule has 0 bridgehead atoms. The number of nitrogens with one attached hydrogen (secondary N) is 1. The Morgan fingerprint density at radius 1 is 0.872 bits per heavy atom. The van der Waals surface area contributed by atoms with Crippen LogP contribution >= 0.6 is 0 Å². The highest BCUT2D eigenvalue weighted by Crippen LogP contribution is 2.42. The van der Waals surface area contributed by atoms with Crippen LogP contribution in [0.3, 0.4) is 0 Å². The van der Waals surface area contributed by atoms with Crippen LogP contribution < -0.4 is 11.2 Å². The molecule has 1 saturated heterocycles. The van der Waals surface area contributed by atoms with Crippen molar-refractivity contribution in [2.75, 3.05) is 12.9 Å². The van der Waals surface area contributed by atoms with Crippen LogP contribution in [0.1, 0.15) is 29.3 Å². The second-order valence-electron chi connectivity index (χ2n) is 9.31. The third-order valence-corrected chi connectivity index (χ3v) is 7.24. The van der Waals surface area contributed by atoms with Crippen molar-refractivity contribution in [1.29, 1.82) is 0 Å². The predicted molar refractivity (Wildman–Crippen MR) is 145 cm³/mol.